The fourth-order valence-electron chi connectivity index (χ4n) is 2.28. The van der Waals surface area contributed by atoms with Crippen LogP contribution in [-0.2, 0) is 6.54 Å². The lowest BCUT2D eigenvalue weighted by molar-refractivity contribution is 0.171. The van der Waals surface area contributed by atoms with Gasteiger partial charge in [-0.3, -0.25) is 0 Å². The van der Waals surface area contributed by atoms with Crippen LogP contribution >= 0.6 is 15.9 Å². The number of hydrogen-bond acceptors (Lipinski definition) is 3. The Kier molecular flexibility index (Phi) is 4.71. The van der Waals surface area contributed by atoms with E-state index in [4.69, 9.17) is 9.47 Å². The lowest BCUT2D eigenvalue weighted by Gasteiger charge is -2.21. The SMILES string of the molecule is CN(Cc1ccc2c(c1)OCCO2)C(=O)Nc1ccc(Br)cc1. The predicted molar refractivity (Wildman–Crippen MR) is 92.1 cm³/mol. The number of rotatable bonds is 3. The van der Waals surface area contributed by atoms with E-state index in [-0.39, 0.29) is 6.03 Å². The van der Waals surface area contributed by atoms with Crippen molar-refractivity contribution in [3.8, 4) is 11.5 Å². The molecule has 2 amide bonds. The van der Waals surface area contributed by atoms with Gasteiger partial charge in [0.1, 0.15) is 13.2 Å². The summed E-state index contributed by atoms with van der Waals surface area (Å²) >= 11 is 3.37. The van der Waals surface area contributed by atoms with Gasteiger partial charge in [0, 0.05) is 23.8 Å². The second-order valence-corrected chi connectivity index (χ2v) is 6.19. The highest BCUT2D eigenvalue weighted by molar-refractivity contribution is 9.10. The Balaban J connectivity index is 1.62. The summed E-state index contributed by atoms with van der Waals surface area (Å²) in [6.45, 7) is 1.61. The first-order chi connectivity index (χ1) is 11.1. The van der Waals surface area contributed by atoms with Crippen LogP contribution in [0.5, 0.6) is 11.5 Å². The van der Waals surface area contributed by atoms with Gasteiger partial charge >= 0.3 is 6.03 Å². The van der Waals surface area contributed by atoms with Gasteiger partial charge in [0.25, 0.3) is 0 Å². The Morgan fingerprint density at radius 2 is 1.83 bits per heavy atom. The zero-order valence-electron chi connectivity index (χ0n) is 12.7. The monoisotopic (exact) mass is 376 g/mol. The van der Waals surface area contributed by atoms with E-state index >= 15 is 0 Å². The number of carbonyl (C=O) groups is 1. The summed E-state index contributed by atoms with van der Waals surface area (Å²) in [5.74, 6) is 1.48. The van der Waals surface area contributed by atoms with E-state index in [2.05, 4.69) is 21.2 Å². The van der Waals surface area contributed by atoms with Gasteiger partial charge in [-0.25, -0.2) is 4.79 Å². The van der Waals surface area contributed by atoms with Crippen LogP contribution < -0.4 is 14.8 Å². The molecule has 23 heavy (non-hydrogen) atoms. The van der Waals surface area contributed by atoms with Crippen molar-refractivity contribution in [3.05, 3.63) is 52.5 Å². The van der Waals surface area contributed by atoms with Gasteiger partial charge in [-0.2, -0.15) is 0 Å². The molecule has 0 atom stereocenters. The predicted octanol–water partition coefficient (Wildman–Crippen LogP) is 3.88. The molecule has 0 saturated heterocycles. The molecule has 0 unspecified atom stereocenters. The minimum atomic E-state index is -0.165. The molecule has 2 aromatic carbocycles. The Labute approximate surface area is 143 Å². The van der Waals surface area contributed by atoms with E-state index in [1.165, 1.54) is 0 Å². The molecule has 0 bridgehead atoms. The smallest absolute Gasteiger partial charge is 0.321 e. The second-order valence-electron chi connectivity index (χ2n) is 5.27. The fourth-order valence-corrected chi connectivity index (χ4v) is 2.55. The van der Waals surface area contributed by atoms with E-state index in [0.717, 1.165) is 27.2 Å². The van der Waals surface area contributed by atoms with Crippen LogP contribution in [0.15, 0.2) is 46.9 Å². The molecular formula is C17H17BrN2O3. The van der Waals surface area contributed by atoms with Crippen molar-refractivity contribution in [1.82, 2.24) is 4.90 Å². The summed E-state index contributed by atoms with van der Waals surface area (Å²) in [7, 11) is 1.75. The Bertz CT molecular complexity index is 703. The molecular weight excluding hydrogens is 360 g/mol. The van der Waals surface area contributed by atoms with Crippen LogP contribution in [0.4, 0.5) is 10.5 Å². The van der Waals surface area contributed by atoms with Gasteiger partial charge in [0.15, 0.2) is 11.5 Å². The summed E-state index contributed by atoms with van der Waals surface area (Å²) in [6, 6.07) is 13.0. The molecule has 2 aromatic rings. The topological polar surface area (TPSA) is 50.8 Å². The van der Waals surface area contributed by atoms with Crippen LogP contribution in [-0.4, -0.2) is 31.2 Å². The Morgan fingerprint density at radius 3 is 2.57 bits per heavy atom. The maximum Gasteiger partial charge on any atom is 0.321 e. The molecule has 1 aliphatic heterocycles. The standard InChI is InChI=1S/C17H17BrN2O3/c1-20(17(21)19-14-5-3-13(18)4-6-14)11-12-2-7-15-16(10-12)23-9-8-22-15/h2-7,10H,8-9,11H2,1H3,(H,19,21). The first kappa shape index (κ1) is 15.7. The number of nitrogens with zero attached hydrogens (tertiary/aromatic N) is 1. The van der Waals surface area contributed by atoms with Crippen molar-refractivity contribution < 1.29 is 14.3 Å². The molecule has 0 radical (unpaired) electrons. The average Bonchev–Trinajstić information content (AvgIpc) is 2.56. The number of urea groups is 1. The van der Waals surface area contributed by atoms with E-state index in [1.807, 2.05) is 42.5 Å². The molecule has 0 aromatic heterocycles. The number of hydrogen-bond donors (Lipinski definition) is 1. The third-order valence-corrected chi connectivity index (χ3v) is 4.00. The Hall–Kier alpha value is -2.21. The highest BCUT2D eigenvalue weighted by Crippen LogP contribution is 2.31. The van der Waals surface area contributed by atoms with Crippen molar-refractivity contribution >= 4 is 27.6 Å². The molecule has 6 heteroatoms. The fraction of sp³-hybridized carbons (Fsp3) is 0.235. The zero-order valence-corrected chi connectivity index (χ0v) is 14.3. The molecule has 1 aliphatic rings. The van der Waals surface area contributed by atoms with Gasteiger partial charge in [-0.1, -0.05) is 22.0 Å². The molecule has 3 rings (SSSR count). The normalized spacial score (nSPS) is 12.6. The third-order valence-electron chi connectivity index (χ3n) is 3.47. The number of fused-ring (bicyclic) bond motifs is 1. The van der Waals surface area contributed by atoms with Crippen molar-refractivity contribution in [2.24, 2.45) is 0 Å². The number of ether oxygens (including phenoxy) is 2. The van der Waals surface area contributed by atoms with Gasteiger partial charge < -0.3 is 19.7 Å². The summed E-state index contributed by atoms with van der Waals surface area (Å²) in [5, 5.41) is 2.86. The highest BCUT2D eigenvalue weighted by atomic mass is 79.9. The van der Waals surface area contributed by atoms with Gasteiger partial charge in [-0.05, 0) is 42.0 Å². The summed E-state index contributed by atoms with van der Waals surface area (Å²) in [5.41, 5.74) is 1.75. The van der Waals surface area contributed by atoms with E-state index in [9.17, 15) is 4.79 Å². The number of amides is 2. The summed E-state index contributed by atoms with van der Waals surface area (Å²) in [4.78, 5) is 13.9. The zero-order chi connectivity index (χ0) is 16.2. The highest BCUT2D eigenvalue weighted by Gasteiger charge is 2.14. The molecule has 5 nitrogen and oxygen atoms in total. The van der Waals surface area contributed by atoms with Crippen LogP contribution in [0.2, 0.25) is 0 Å². The average molecular weight is 377 g/mol. The minimum Gasteiger partial charge on any atom is -0.486 e. The lowest BCUT2D eigenvalue weighted by Crippen LogP contribution is -2.30. The quantitative estimate of drug-likeness (QED) is 0.883. The number of benzene rings is 2. The number of carbonyl (C=O) groups excluding carboxylic acids is 1. The third kappa shape index (κ3) is 3.96. The van der Waals surface area contributed by atoms with Crippen molar-refractivity contribution in [2.75, 3.05) is 25.6 Å². The molecule has 0 fully saturated rings. The first-order valence-corrected chi connectivity index (χ1v) is 8.07. The van der Waals surface area contributed by atoms with E-state index in [0.29, 0.717) is 19.8 Å². The maximum absolute atomic E-state index is 12.2. The summed E-state index contributed by atoms with van der Waals surface area (Å²) < 4.78 is 12.0. The number of halogens is 1. The van der Waals surface area contributed by atoms with Crippen molar-refractivity contribution in [2.45, 2.75) is 6.54 Å². The lowest BCUT2D eigenvalue weighted by atomic mass is 10.2. The van der Waals surface area contributed by atoms with E-state index < -0.39 is 0 Å². The van der Waals surface area contributed by atoms with Crippen molar-refractivity contribution in [1.29, 1.82) is 0 Å². The molecule has 120 valence electrons. The van der Waals surface area contributed by atoms with Crippen molar-refractivity contribution in [3.63, 3.8) is 0 Å². The molecule has 1 N–H and O–H groups in total. The number of nitrogens with one attached hydrogen (secondary N) is 1. The van der Waals surface area contributed by atoms with E-state index in [1.54, 1.807) is 11.9 Å². The second kappa shape index (κ2) is 6.91. The van der Waals surface area contributed by atoms with Gasteiger partial charge in [-0.15, -0.1) is 0 Å². The maximum atomic E-state index is 12.2. The molecule has 0 saturated carbocycles. The molecule has 0 aliphatic carbocycles. The minimum absolute atomic E-state index is 0.165. The largest absolute Gasteiger partial charge is 0.486 e. The van der Waals surface area contributed by atoms with Crippen LogP contribution in [0.3, 0.4) is 0 Å². The summed E-state index contributed by atoms with van der Waals surface area (Å²) in [6.07, 6.45) is 0. The van der Waals surface area contributed by atoms with Crippen LogP contribution in [0, 0.1) is 0 Å². The number of anilines is 1. The Morgan fingerprint density at radius 1 is 1.13 bits per heavy atom. The van der Waals surface area contributed by atoms with Crippen LogP contribution in [0.1, 0.15) is 5.56 Å². The first-order valence-electron chi connectivity index (χ1n) is 7.28. The molecule has 1 heterocycles. The van der Waals surface area contributed by atoms with Gasteiger partial charge in [0.05, 0.1) is 0 Å². The molecule has 0 spiro atoms. The van der Waals surface area contributed by atoms with Gasteiger partial charge in [0.2, 0.25) is 0 Å². The van der Waals surface area contributed by atoms with Crippen LogP contribution in [0.25, 0.3) is 0 Å².